The molecule has 2 rings (SSSR count). The highest BCUT2D eigenvalue weighted by atomic mass is 35.5. The molecule has 0 spiro atoms. The van der Waals surface area contributed by atoms with Crippen LogP contribution < -0.4 is 19.5 Å². The van der Waals surface area contributed by atoms with Crippen molar-refractivity contribution in [2.24, 2.45) is 7.05 Å². The minimum atomic E-state index is 0. The highest BCUT2D eigenvalue weighted by Crippen LogP contribution is 2.26. The van der Waals surface area contributed by atoms with Crippen LogP contribution in [0.25, 0.3) is 0 Å². The molecule has 6 nitrogen and oxygen atoms in total. The van der Waals surface area contributed by atoms with Gasteiger partial charge in [0.1, 0.15) is 6.61 Å². The van der Waals surface area contributed by atoms with Gasteiger partial charge in [-0.1, -0.05) is 12.1 Å². The first kappa shape index (κ1) is 20.1. The SMILES string of the molecule is COc1ccccc1OCC(C)NCc1c(C)nn(C)c1OC.Cl. The van der Waals surface area contributed by atoms with Crippen LogP contribution in [0.4, 0.5) is 0 Å². The van der Waals surface area contributed by atoms with Gasteiger partial charge >= 0.3 is 0 Å². The number of nitrogens with one attached hydrogen (secondary N) is 1. The van der Waals surface area contributed by atoms with Crippen molar-refractivity contribution in [1.82, 2.24) is 15.1 Å². The zero-order valence-corrected chi connectivity index (χ0v) is 15.6. The first-order valence-corrected chi connectivity index (χ1v) is 7.62. The Labute approximate surface area is 149 Å². The third kappa shape index (κ3) is 4.79. The van der Waals surface area contributed by atoms with Crippen molar-refractivity contribution in [3.8, 4) is 17.4 Å². The van der Waals surface area contributed by atoms with E-state index in [1.54, 1.807) is 18.9 Å². The maximum Gasteiger partial charge on any atom is 0.216 e. The van der Waals surface area contributed by atoms with Crippen LogP contribution in [0.2, 0.25) is 0 Å². The summed E-state index contributed by atoms with van der Waals surface area (Å²) in [6.45, 7) is 5.28. The van der Waals surface area contributed by atoms with E-state index < -0.39 is 0 Å². The van der Waals surface area contributed by atoms with Gasteiger partial charge in [-0.25, -0.2) is 4.68 Å². The van der Waals surface area contributed by atoms with Gasteiger partial charge in [-0.05, 0) is 26.0 Å². The van der Waals surface area contributed by atoms with E-state index in [-0.39, 0.29) is 18.4 Å². The zero-order chi connectivity index (χ0) is 16.8. The molecule has 2 aromatic rings. The molecule has 0 fully saturated rings. The molecule has 0 saturated carbocycles. The Morgan fingerprint density at radius 3 is 2.46 bits per heavy atom. The molecule has 0 amide bonds. The lowest BCUT2D eigenvalue weighted by Crippen LogP contribution is -2.31. The smallest absolute Gasteiger partial charge is 0.216 e. The monoisotopic (exact) mass is 355 g/mol. The second kappa shape index (κ2) is 9.39. The summed E-state index contributed by atoms with van der Waals surface area (Å²) >= 11 is 0. The van der Waals surface area contributed by atoms with Crippen LogP contribution >= 0.6 is 12.4 Å². The van der Waals surface area contributed by atoms with Crippen molar-refractivity contribution in [2.45, 2.75) is 26.4 Å². The number of benzene rings is 1. The van der Waals surface area contributed by atoms with Crippen molar-refractivity contribution >= 4 is 12.4 Å². The lowest BCUT2D eigenvalue weighted by molar-refractivity contribution is 0.258. The predicted octanol–water partition coefficient (Wildman–Crippen LogP) is 2.72. The Kier molecular flexibility index (Phi) is 7.88. The molecule has 0 bridgehead atoms. The summed E-state index contributed by atoms with van der Waals surface area (Å²) in [5, 5.41) is 7.82. The number of para-hydroxylation sites is 2. The molecule has 1 aromatic carbocycles. The van der Waals surface area contributed by atoms with Gasteiger partial charge < -0.3 is 19.5 Å². The van der Waals surface area contributed by atoms with E-state index in [0.717, 1.165) is 28.6 Å². The van der Waals surface area contributed by atoms with Crippen LogP contribution in [0, 0.1) is 6.92 Å². The molecule has 1 unspecified atom stereocenters. The molecular weight excluding hydrogens is 330 g/mol. The number of hydrogen-bond acceptors (Lipinski definition) is 5. The van der Waals surface area contributed by atoms with E-state index in [4.69, 9.17) is 14.2 Å². The van der Waals surface area contributed by atoms with Crippen molar-refractivity contribution in [1.29, 1.82) is 0 Å². The molecule has 1 heterocycles. The predicted molar refractivity (Wildman–Crippen MR) is 96.5 cm³/mol. The van der Waals surface area contributed by atoms with E-state index in [9.17, 15) is 0 Å². The van der Waals surface area contributed by atoms with Gasteiger partial charge in [-0.2, -0.15) is 5.10 Å². The van der Waals surface area contributed by atoms with Gasteiger partial charge in [0, 0.05) is 19.6 Å². The lowest BCUT2D eigenvalue weighted by Gasteiger charge is -2.16. The normalized spacial score (nSPS) is 11.5. The number of hydrogen-bond donors (Lipinski definition) is 1. The van der Waals surface area contributed by atoms with Gasteiger partial charge in [0.05, 0.1) is 25.5 Å². The van der Waals surface area contributed by atoms with Gasteiger partial charge in [-0.15, -0.1) is 12.4 Å². The Morgan fingerprint density at radius 2 is 1.83 bits per heavy atom. The van der Waals surface area contributed by atoms with Crippen molar-refractivity contribution in [3.05, 3.63) is 35.5 Å². The average Bonchev–Trinajstić information content (AvgIpc) is 2.83. The van der Waals surface area contributed by atoms with E-state index in [1.165, 1.54) is 0 Å². The summed E-state index contributed by atoms with van der Waals surface area (Å²) in [6, 6.07) is 7.81. The zero-order valence-electron chi connectivity index (χ0n) is 14.8. The second-order valence-corrected chi connectivity index (χ2v) is 5.44. The summed E-state index contributed by atoms with van der Waals surface area (Å²) in [5.41, 5.74) is 2.04. The number of aromatic nitrogens is 2. The number of rotatable bonds is 8. The molecule has 1 N–H and O–H groups in total. The molecular formula is C17H26ClN3O3. The fourth-order valence-electron chi connectivity index (χ4n) is 2.43. The molecule has 24 heavy (non-hydrogen) atoms. The van der Waals surface area contributed by atoms with E-state index in [2.05, 4.69) is 17.3 Å². The number of aryl methyl sites for hydroxylation is 2. The summed E-state index contributed by atoms with van der Waals surface area (Å²) in [7, 11) is 5.18. The van der Waals surface area contributed by atoms with Crippen molar-refractivity contribution in [3.63, 3.8) is 0 Å². The number of halogens is 1. The van der Waals surface area contributed by atoms with Gasteiger partial charge in [0.2, 0.25) is 5.88 Å². The highest BCUT2D eigenvalue weighted by molar-refractivity contribution is 5.85. The number of methoxy groups -OCH3 is 2. The quantitative estimate of drug-likeness (QED) is 0.789. The molecule has 0 aliphatic rings. The standard InChI is InChI=1S/C17H25N3O3.ClH/c1-12(11-23-16-9-7-6-8-15(16)21-4)18-10-14-13(2)19-20(3)17(14)22-5;/h6-9,12,18H,10-11H2,1-5H3;1H. The maximum atomic E-state index is 5.83. The van der Waals surface area contributed by atoms with Crippen LogP contribution in [0.5, 0.6) is 17.4 Å². The highest BCUT2D eigenvalue weighted by Gasteiger charge is 2.15. The molecule has 0 aliphatic heterocycles. The largest absolute Gasteiger partial charge is 0.493 e. The fourth-order valence-corrected chi connectivity index (χ4v) is 2.43. The minimum absolute atomic E-state index is 0. The van der Waals surface area contributed by atoms with Crippen LogP contribution in [-0.2, 0) is 13.6 Å². The third-order valence-electron chi connectivity index (χ3n) is 3.67. The summed E-state index contributed by atoms with van der Waals surface area (Å²) in [4.78, 5) is 0. The molecule has 1 atom stereocenters. The van der Waals surface area contributed by atoms with Gasteiger partial charge in [-0.3, -0.25) is 0 Å². The molecule has 134 valence electrons. The topological polar surface area (TPSA) is 57.5 Å². The average molecular weight is 356 g/mol. The van der Waals surface area contributed by atoms with E-state index in [1.807, 2.05) is 38.2 Å². The Bertz CT molecular complexity index is 646. The number of ether oxygens (including phenoxy) is 3. The third-order valence-corrected chi connectivity index (χ3v) is 3.67. The van der Waals surface area contributed by atoms with Crippen LogP contribution in [0.15, 0.2) is 24.3 Å². The lowest BCUT2D eigenvalue weighted by atomic mass is 10.2. The molecule has 7 heteroatoms. The molecule has 0 radical (unpaired) electrons. The summed E-state index contributed by atoms with van der Waals surface area (Å²) in [5.74, 6) is 2.27. The van der Waals surface area contributed by atoms with Gasteiger partial charge in [0.25, 0.3) is 0 Å². The van der Waals surface area contributed by atoms with Crippen LogP contribution in [0.3, 0.4) is 0 Å². The first-order chi connectivity index (χ1) is 11.1. The maximum absolute atomic E-state index is 5.83. The van der Waals surface area contributed by atoms with Crippen LogP contribution in [-0.4, -0.2) is 36.6 Å². The molecule has 0 saturated heterocycles. The molecule has 1 aromatic heterocycles. The Balaban J connectivity index is 0.00000288. The second-order valence-electron chi connectivity index (χ2n) is 5.44. The van der Waals surface area contributed by atoms with Crippen molar-refractivity contribution in [2.75, 3.05) is 20.8 Å². The van der Waals surface area contributed by atoms with Crippen molar-refractivity contribution < 1.29 is 14.2 Å². The summed E-state index contributed by atoms with van der Waals surface area (Å²) < 4.78 is 18.3. The Morgan fingerprint density at radius 1 is 1.17 bits per heavy atom. The van der Waals surface area contributed by atoms with Gasteiger partial charge in [0.15, 0.2) is 11.5 Å². The van der Waals surface area contributed by atoms with E-state index >= 15 is 0 Å². The Hall–Kier alpha value is -1.92. The van der Waals surface area contributed by atoms with Crippen LogP contribution in [0.1, 0.15) is 18.2 Å². The first-order valence-electron chi connectivity index (χ1n) is 7.62. The fraction of sp³-hybridized carbons (Fsp3) is 0.471. The summed E-state index contributed by atoms with van der Waals surface area (Å²) in [6.07, 6.45) is 0. The van der Waals surface area contributed by atoms with E-state index in [0.29, 0.717) is 13.2 Å². The minimum Gasteiger partial charge on any atom is -0.493 e. The number of nitrogens with zero attached hydrogens (tertiary/aromatic N) is 2. The molecule has 0 aliphatic carbocycles.